The molecule has 0 aromatic heterocycles. The molecule has 0 spiro atoms. The Hall–Kier alpha value is -4.13. The summed E-state index contributed by atoms with van der Waals surface area (Å²) in [4.78, 5) is 38.5. The first-order valence-corrected chi connectivity index (χ1v) is 10.2. The zero-order chi connectivity index (χ0) is 23.1. The molecule has 0 saturated heterocycles. The molecule has 3 rings (SSSR count). The first-order valence-electron chi connectivity index (χ1n) is 10.2. The molecule has 3 aromatic rings. The lowest BCUT2D eigenvalue weighted by Crippen LogP contribution is -2.24. The average Bonchev–Trinajstić information content (AvgIpc) is 2.78. The standard InChI is InChI=1S/C25H26N4O3/c1-17-12-13-18(24(31)28-20-9-5-4-6-10-20)15-22(17)26-16-23(30)27-21-11-7-8-19(14-21)25(32)29(2)3/h4-15,26H,16H2,1-3H3,(H,27,30)(H,28,31). The quantitative estimate of drug-likeness (QED) is 0.528. The third kappa shape index (κ3) is 5.95. The lowest BCUT2D eigenvalue weighted by molar-refractivity contribution is -0.114. The van der Waals surface area contributed by atoms with Gasteiger partial charge in [0.25, 0.3) is 11.8 Å². The largest absolute Gasteiger partial charge is 0.376 e. The fourth-order valence-corrected chi connectivity index (χ4v) is 3.05. The van der Waals surface area contributed by atoms with Gasteiger partial charge in [-0.05, 0) is 55.0 Å². The van der Waals surface area contributed by atoms with Crippen molar-refractivity contribution in [3.63, 3.8) is 0 Å². The lowest BCUT2D eigenvalue weighted by Gasteiger charge is -2.13. The number of para-hydroxylation sites is 1. The molecular weight excluding hydrogens is 404 g/mol. The lowest BCUT2D eigenvalue weighted by atomic mass is 10.1. The van der Waals surface area contributed by atoms with Gasteiger partial charge in [0.2, 0.25) is 5.91 Å². The minimum atomic E-state index is -0.266. The fraction of sp³-hybridized carbons (Fsp3) is 0.160. The zero-order valence-electron chi connectivity index (χ0n) is 18.3. The first kappa shape index (κ1) is 22.6. The number of amides is 3. The molecule has 0 heterocycles. The van der Waals surface area contributed by atoms with E-state index in [4.69, 9.17) is 0 Å². The van der Waals surface area contributed by atoms with Crippen molar-refractivity contribution in [3.05, 3.63) is 89.5 Å². The second kappa shape index (κ2) is 10.3. The molecule has 3 aromatic carbocycles. The molecular formula is C25H26N4O3. The molecule has 164 valence electrons. The maximum Gasteiger partial charge on any atom is 0.255 e. The molecule has 7 nitrogen and oxygen atoms in total. The van der Waals surface area contributed by atoms with Crippen LogP contribution < -0.4 is 16.0 Å². The Morgan fingerprint density at radius 1 is 0.781 bits per heavy atom. The van der Waals surface area contributed by atoms with E-state index in [1.807, 2.05) is 43.3 Å². The third-order valence-corrected chi connectivity index (χ3v) is 4.77. The number of nitrogens with zero attached hydrogens (tertiary/aromatic N) is 1. The van der Waals surface area contributed by atoms with Crippen molar-refractivity contribution < 1.29 is 14.4 Å². The predicted molar refractivity (Wildman–Crippen MR) is 127 cm³/mol. The number of hydrogen-bond acceptors (Lipinski definition) is 4. The van der Waals surface area contributed by atoms with Crippen LogP contribution in [0.5, 0.6) is 0 Å². The van der Waals surface area contributed by atoms with Gasteiger partial charge >= 0.3 is 0 Å². The molecule has 3 amide bonds. The van der Waals surface area contributed by atoms with Crippen molar-refractivity contribution in [2.75, 3.05) is 36.6 Å². The number of hydrogen-bond donors (Lipinski definition) is 3. The van der Waals surface area contributed by atoms with Crippen molar-refractivity contribution in [1.29, 1.82) is 0 Å². The summed E-state index contributed by atoms with van der Waals surface area (Å²) in [5, 5.41) is 8.71. The third-order valence-electron chi connectivity index (χ3n) is 4.77. The molecule has 32 heavy (non-hydrogen) atoms. The Morgan fingerprint density at radius 3 is 2.22 bits per heavy atom. The van der Waals surface area contributed by atoms with E-state index in [1.54, 1.807) is 50.5 Å². The van der Waals surface area contributed by atoms with E-state index in [1.165, 1.54) is 4.90 Å². The highest BCUT2D eigenvalue weighted by molar-refractivity contribution is 6.05. The van der Waals surface area contributed by atoms with E-state index in [0.717, 1.165) is 5.56 Å². The second-order valence-electron chi connectivity index (χ2n) is 7.53. The SMILES string of the molecule is Cc1ccc(C(=O)Nc2ccccc2)cc1NCC(=O)Nc1cccc(C(=O)N(C)C)c1. The molecule has 0 aliphatic carbocycles. The topological polar surface area (TPSA) is 90.5 Å². The highest BCUT2D eigenvalue weighted by atomic mass is 16.2. The molecule has 0 aliphatic heterocycles. The molecule has 0 fully saturated rings. The van der Waals surface area contributed by atoms with Crippen molar-refractivity contribution in [2.24, 2.45) is 0 Å². The molecule has 0 saturated carbocycles. The molecule has 7 heteroatoms. The number of nitrogens with one attached hydrogen (secondary N) is 3. The maximum atomic E-state index is 12.5. The van der Waals surface area contributed by atoms with Gasteiger partial charge in [-0.2, -0.15) is 0 Å². The summed E-state index contributed by atoms with van der Waals surface area (Å²) in [6, 6.07) is 21.3. The van der Waals surface area contributed by atoms with Crippen molar-refractivity contribution in [2.45, 2.75) is 6.92 Å². The number of anilines is 3. The van der Waals surface area contributed by atoms with Crippen LogP contribution in [-0.4, -0.2) is 43.3 Å². The monoisotopic (exact) mass is 430 g/mol. The van der Waals surface area contributed by atoms with Crippen molar-refractivity contribution >= 4 is 34.8 Å². The van der Waals surface area contributed by atoms with E-state index in [0.29, 0.717) is 28.2 Å². The van der Waals surface area contributed by atoms with E-state index in [-0.39, 0.29) is 24.3 Å². The Labute approximate surface area is 187 Å². The van der Waals surface area contributed by atoms with Gasteiger partial charge in [0.15, 0.2) is 0 Å². The van der Waals surface area contributed by atoms with Gasteiger partial charge in [-0.1, -0.05) is 30.3 Å². The van der Waals surface area contributed by atoms with Gasteiger partial charge in [0.1, 0.15) is 0 Å². The van der Waals surface area contributed by atoms with E-state index in [2.05, 4.69) is 16.0 Å². The van der Waals surface area contributed by atoms with E-state index in [9.17, 15) is 14.4 Å². The van der Waals surface area contributed by atoms with Gasteiger partial charge in [-0.25, -0.2) is 0 Å². The molecule has 0 bridgehead atoms. The molecule has 0 atom stereocenters. The second-order valence-corrected chi connectivity index (χ2v) is 7.53. The van der Waals surface area contributed by atoms with Crippen LogP contribution in [0.25, 0.3) is 0 Å². The van der Waals surface area contributed by atoms with Gasteiger partial charge in [-0.3, -0.25) is 14.4 Å². The summed E-state index contributed by atoms with van der Waals surface area (Å²) in [7, 11) is 3.35. The Morgan fingerprint density at radius 2 is 1.50 bits per heavy atom. The highest BCUT2D eigenvalue weighted by Crippen LogP contribution is 2.18. The van der Waals surface area contributed by atoms with Gasteiger partial charge in [0, 0.05) is 42.3 Å². The minimum Gasteiger partial charge on any atom is -0.376 e. The smallest absolute Gasteiger partial charge is 0.255 e. The first-order chi connectivity index (χ1) is 15.3. The number of rotatable bonds is 7. The number of aryl methyl sites for hydroxylation is 1. The summed E-state index contributed by atoms with van der Waals surface area (Å²) in [6.45, 7) is 1.91. The number of benzene rings is 3. The normalized spacial score (nSPS) is 10.2. The van der Waals surface area contributed by atoms with Crippen molar-refractivity contribution in [1.82, 2.24) is 4.90 Å². The molecule has 0 radical (unpaired) electrons. The summed E-state index contributed by atoms with van der Waals surface area (Å²) >= 11 is 0. The zero-order valence-corrected chi connectivity index (χ0v) is 18.3. The van der Waals surface area contributed by atoms with Crippen LogP contribution in [0, 0.1) is 6.92 Å². The number of carbonyl (C=O) groups is 3. The Bertz CT molecular complexity index is 1130. The van der Waals surface area contributed by atoms with Gasteiger partial charge < -0.3 is 20.9 Å². The number of carbonyl (C=O) groups excluding carboxylic acids is 3. The molecule has 0 unspecified atom stereocenters. The maximum absolute atomic E-state index is 12.5. The van der Waals surface area contributed by atoms with Crippen LogP contribution >= 0.6 is 0 Å². The predicted octanol–water partition coefficient (Wildman–Crippen LogP) is 4.00. The van der Waals surface area contributed by atoms with Gasteiger partial charge in [0.05, 0.1) is 6.54 Å². The summed E-state index contributed by atoms with van der Waals surface area (Å²) in [6.07, 6.45) is 0. The molecule has 0 aliphatic rings. The van der Waals surface area contributed by atoms with Crippen molar-refractivity contribution in [3.8, 4) is 0 Å². The van der Waals surface area contributed by atoms with Crippen LogP contribution in [0.15, 0.2) is 72.8 Å². The van der Waals surface area contributed by atoms with Crippen LogP contribution in [0.4, 0.5) is 17.1 Å². The summed E-state index contributed by atoms with van der Waals surface area (Å²) < 4.78 is 0. The van der Waals surface area contributed by atoms with E-state index < -0.39 is 0 Å². The molecule has 3 N–H and O–H groups in total. The average molecular weight is 431 g/mol. The van der Waals surface area contributed by atoms with Crippen LogP contribution in [0.2, 0.25) is 0 Å². The van der Waals surface area contributed by atoms with Crippen LogP contribution in [-0.2, 0) is 4.79 Å². The fourth-order valence-electron chi connectivity index (χ4n) is 3.05. The minimum absolute atomic E-state index is 0.0104. The van der Waals surface area contributed by atoms with Crippen LogP contribution in [0.1, 0.15) is 26.3 Å². The summed E-state index contributed by atoms with van der Waals surface area (Å²) in [5.74, 6) is -0.635. The van der Waals surface area contributed by atoms with Crippen LogP contribution in [0.3, 0.4) is 0 Å². The van der Waals surface area contributed by atoms with E-state index >= 15 is 0 Å². The summed E-state index contributed by atoms with van der Waals surface area (Å²) in [5.41, 5.74) is 3.83. The Kier molecular flexibility index (Phi) is 7.23. The Balaban J connectivity index is 1.62. The highest BCUT2D eigenvalue weighted by Gasteiger charge is 2.11. The van der Waals surface area contributed by atoms with Gasteiger partial charge in [-0.15, -0.1) is 0 Å².